The molecule has 1 N–H and O–H groups in total. The summed E-state index contributed by atoms with van der Waals surface area (Å²) in [5.41, 5.74) is 1.73. The normalized spacial score (nSPS) is 11.1. The fourth-order valence-corrected chi connectivity index (χ4v) is 2.19. The van der Waals surface area contributed by atoms with Crippen molar-refractivity contribution in [3.8, 4) is 0 Å². The van der Waals surface area contributed by atoms with Gasteiger partial charge in [-0.1, -0.05) is 6.07 Å². The first-order valence-electron chi connectivity index (χ1n) is 6.53. The standard InChI is InChI=1S/C15H15FN4/c16-14-4-3-12(15-13(14)2-1-5-19-15)10-17-6-8-20-9-7-18-11-20/h1-5,7,9,11,17H,6,8,10H2. The zero-order valence-electron chi connectivity index (χ0n) is 11.0. The van der Waals surface area contributed by atoms with E-state index in [0.717, 1.165) is 24.2 Å². The lowest BCUT2D eigenvalue weighted by Gasteiger charge is -2.08. The zero-order valence-corrected chi connectivity index (χ0v) is 11.0. The molecule has 0 atom stereocenters. The molecule has 3 rings (SSSR count). The molecule has 0 saturated heterocycles. The highest BCUT2D eigenvalue weighted by molar-refractivity contribution is 5.82. The van der Waals surface area contributed by atoms with Crippen LogP contribution in [0.5, 0.6) is 0 Å². The number of hydrogen-bond donors (Lipinski definition) is 1. The summed E-state index contributed by atoms with van der Waals surface area (Å²) in [7, 11) is 0. The summed E-state index contributed by atoms with van der Waals surface area (Å²) in [6.45, 7) is 2.34. The summed E-state index contributed by atoms with van der Waals surface area (Å²) in [6, 6.07) is 6.79. The highest BCUT2D eigenvalue weighted by Gasteiger charge is 2.06. The summed E-state index contributed by atoms with van der Waals surface area (Å²) in [5.74, 6) is -0.227. The Bertz CT molecular complexity index is 694. The highest BCUT2D eigenvalue weighted by Crippen LogP contribution is 2.19. The molecule has 2 aromatic heterocycles. The molecule has 0 unspecified atom stereocenters. The van der Waals surface area contributed by atoms with Crippen molar-refractivity contribution < 1.29 is 4.39 Å². The van der Waals surface area contributed by atoms with E-state index < -0.39 is 0 Å². The lowest BCUT2D eigenvalue weighted by Crippen LogP contribution is -2.19. The first-order chi connectivity index (χ1) is 9.84. The number of aromatic nitrogens is 3. The van der Waals surface area contributed by atoms with Gasteiger partial charge in [0.05, 0.1) is 11.8 Å². The van der Waals surface area contributed by atoms with E-state index in [9.17, 15) is 4.39 Å². The number of rotatable bonds is 5. The molecule has 0 bridgehead atoms. The Balaban J connectivity index is 1.67. The predicted octanol–water partition coefficient (Wildman–Crippen LogP) is 2.36. The Kier molecular flexibility index (Phi) is 3.69. The topological polar surface area (TPSA) is 42.7 Å². The summed E-state index contributed by atoms with van der Waals surface area (Å²) < 4.78 is 15.7. The lowest BCUT2D eigenvalue weighted by atomic mass is 10.1. The van der Waals surface area contributed by atoms with Gasteiger partial charge in [0.25, 0.3) is 0 Å². The monoisotopic (exact) mass is 270 g/mol. The van der Waals surface area contributed by atoms with Gasteiger partial charge in [-0.2, -0.15) is 0 Å². The molecule has 3 aromatic rings. The molecule has 0 saturated carbocycles. The Morgan fingerprint density at radius 3 is 3.00 bits per heavy atom. The SMILES string of the molecule is Fc1ccc(CNCCn2ccnc2)c2ncccc12. The van der Waals surface area contributed by atoms with Crippen molar-refractivity contribution in [1.82, 2.24) is 19.9 Å². The number of imidazole rings is 1. The van der Waals surface area contributed by atoms with Gasteiger partial charge in [0.2, 0.25) is 0 Å². The number of pyridine rings is 1. The van der Waals surface area contributed by atoms with Crippen molar-refractivity contribution >= 4 is 10.9 Å². The number of halogens is 1. The second-order valence-corrected chi connectivity index (χ2v) is 4.58. The maximum Gasteiger partial charge on any atom is 0.132 e. The molecule has 0 fully saturated rings. The van der Waals surface area contributed by atoms with Crippen LogP contribution in [0.15, 0.2) is 49.2 Å². The molecule has 4 nitrogen and oxygen atoms in total. The summed E-state index contributed by atoms with van der Waals surface area (Å²) in [5, 5.41) is 3.91. The van der Waals surface area contributed by atoms with E-state index in [1.807, 2.05) is 10.8 Å². The minimum absolute atomic E-state index is 0.227. The summed E-state index contributed by atoms with van der Waals surface area (Å²) >= 11 is 0. The van der Waals surface area contributed by atoms with Gasteiger partial charge in [0, 0.05) is 43.6 Å². The van der Waals surface area contributed by atoms with Crippen LogP contribution in [0.2, 0.25) is 0 Å². The average Bonchev–Trinajstić information content (AvgIpc) is 2.99. The molecular weight excluding hydrogens is 255 g/mol. The number of benzene rings is 1. The Hall–Kier alpha value is -2.27. The predicted molar refractivity (Wildman–Crippen MR) is 75.6 cm³/mol. The molecule has 5 heteroatoms. The van der Waals surface area contributed by atoms with Crippen LogP contribution in [-0.2, 0) is 13.1 Å². The van der Waals surface area contributed by atoms with Crippen LogP contribution in [-0.4, -0.2) is 21.1 Å². The Morgan fingerprint density at radius 2 is 2.15 bits per heavy atom. The van der Waals surface area contributed by atoms with E-state index in [1.54, 1.807) is 36.9 Å². The number of fused-ring (bicyclic) bond motifs is 1. The second kappa shape index (κ2) is 5.79. The Labute approximate surface area is 116 Å². The van der Waals surface area contributed by atoms with Crippen molar-refractivity contribution in [3.63, 3.8) is 0 Å². The van der Waals surface area contributed by atoms with Gasteiger partial charge in [0.15, 0.2) is 0 Å². The third kappa shape index (κ3) is 2.67. The molecule has 0 spiro atoms. The quantitative estimate of drug-likeness (QED) is 0.724. The number of hydrogen-bond acceptors (Lipinski definition) is 3. The smallest absolute Gasteiger partial charge is 0.132 e. The number of nitrogens with one attached hydrogen (secondary N) is 1. The molecule has 20 heavy (non-hydrogen) atoms. The fraction of sp³-hybridized carbons (Fsp3) is 0.200. The third-order valence-electron chi connectivity index (χ3n) is 3.22. The molecule has 0 amide bonds. The summed E-state index contributed by atoms with van der Waals surface area (Å²) in [4.78, 5) is 8.27. The van der Waals surface area contributed by atoms with Crippen molar-refractivity contribution in [2.75, 3.05) is 6.54 Å². The van der Waals surface area contributed by atoms with E-state index in [-0.39, 0.29) is 5.82 Å². The van der Waals surface area contributed by atoms with E-state index in [0.29, 0.717) is 11.9 Å². The molecule has 0 aliphatic heterocycles. The molecule has 2 heterocycles. The lowest BCUT2D eigenvalue weighted by molar-refractivity contribution is 0.597. The minimum Gasteiger partial charge on any atom is -0.336 e. The van der Waals surface area contributed by atoms with Gasteiger partial charge in [-0.3, -0.25) is 4.98 Å². The van der Waals surface area contributed by atoms with Crippen LogP contribution < -0.4 is 5.32 Å². The van der Waals surface area contributed by atoms with Crippen LogP contribution in [0.3, 0.4) is 0 Å². The van der Waals surface area contributed by atoms with Crippen LogP contribution in [0, 0.1) is 5.82 Å². The van der Waals surface area contributed by atoms with E-state index in [1.165, 1.54) is 6.07 Å². The molecule has 1 aromatic carbocycles. The molecule has 102 valence electrons. The van der Waals surface area contributed by atoms with Crippen molar-refractivity contribution in [3.05, 3.63) is 60.6 Å². The fourth-order valence-electron chi connectivity index (χ4n) is 2.19. The first-order valence-corrected chi connectivity index (χ1v) is 6.53. The maximum absolute atomic E-state index is 13.7. The summed E-state index contributed by atoms with van der Waals surface area (Å²) in [6.07, 6.45) is 7.17. The van der Waals surface area contributed by atoms with Crippen molar-refractivity contribution in [2.24, 2.45) is 0 Å². The largest absolute Gasteiger partial charge is 0.336 e. The molecular formula is C15H15FN4. The van der Waals surface area contributed by atoms with Gasteiger partial charge in [0.1, 0.15) is 5.82 Å². The second-order valence-electron chi connectivity index (χ2n) is 4.58. The highest BCUT2D eigenvalue weighted by atomic mass is 19.1. The van der Waals surface area contributed by atoms with Crippen molar-refractivity contribution in [2.45, 2.75) is 13.1 Å². The van der Waals surface area contributed by atoms with Crippen LogP contribution >= 0.6 is 0 Å². The van der Waals surface area contributed by atoms with E-state index in [2.05, 4.69) is 15.3 Å². The van der Waals surface area contributed by atoms with Crippen LogP contribution in [0.25, 0.3) is 10.9 Å². The average molecular weight is 270 g/mol. The van der Waals surface area contributed by atoms with Gasteiger partial charge < -0.3 is 9.88 Å². The minimum atomic E-state index is -0.227. The van der Waals surface area contributed by atoms with Gasteiger partial charge >= 0.3 is 0 Å². The van der Waals surface area contributed by atoms with E-state index in [4.69, 9.17) is 0 Å². The third-order valence-corrected chi connectivity index (χ3v) is 3.22. The van der Waals surface area contributed by atoms with E-state index >= 15 is 0 Å². The first kappa shape index (κ1) is 12.7. The molecule has 0 aliphatic rings. The Morgan fingerprint density at radius 1 is 1.20 bits per heavy atom. The maximum atomic E-state index is 13.7. The van der Waals surface area contributed by atoms with Gasteiger partial charge in [-0.15, -0.1) is 0 Å². The molecule has 0 radical (unpaired) electrons. The van der Waals surface area contributed by atoms with Gasteiger partial charge in [-0.25, -0.2) is 9.37 Å². The van der Waals surface area contributed by atoms with Crippen molar-refractivity contribution in [1.29, 1.82) is 0 Å². The van der Waals surface area contributed by atoms with Crippen LogP contribution in [0.4, 0.5) is 4.39 Å². The molecule has 0 aliphatic carbocycles. The van der Waals surface area contributed by atoms with Crippen LogP contribution in [0.1, 0.15) is 5.56 Å². The van der Waals surface area contributed by atoms with Gasteiger partial charge in [-0.05, 0) is 23.8 Å². The zero-order chi connectivity index (χ0) is 13.8. The number of nitrogens with zero attached hydrogens (tertiary/aromatic N) is 3.